The van der Waals surface area contributed by atoms with Gasteiger partial charge in [0.05, 0.1) is 44.1 Å². The van der Waals surface area contributed by atoms with E-state index in [0.29, 0.717) is 11.8 Å². The van der Waals surface area contributed by atoms with Crippen molar-refractivity contribution >= 4 is 54.9 Å². The highest BCUT2D eigenvalue weighted by Gasteiger charge is 2.37. The average molecular weight is 545 g/mol. The number of aromatic amines is 6. The second kappa shape index (κ2) is 8.10. The molecule has 2 aromatic carbocycles. The fourth-order valence-electron chi connectivity index (χ4n) is 7.82. The lowest BCUT2D eigenvalue weighted by Gasteiger charge is -2.38. The van der Waals surface area contributed by atoms with Gasteiger partial charge in [0.1, 0.15) is 0 Å². The summed E-state index contributed by atoms with van der Waals surface area (Å²) < 4.78 is 0. The summed E-state index contributed by atoms with van der Waals surface area (Å²) >= 11 is 0. The standard InChI is InChI=1S/C36H28N6/c1-3-7-21-19(5-1)23(9-11-25(21)29-17-31-35(41-29)33-27(39-31)13-15-37-33)24-10-12-26(22-8-4-2-6-20(22)24)30-18-32-36(42-30)34-28(40-32)14-16-38-34/h1-19,21,23,25,37-42H. The minimum atomic E-state index is 0.287. The molecule has 0 radical (unpaired) electrons. The zero-order valence-electron chi connectivity index (χ0n) is 22.7. The molecule has 2 aliphatic carbocycles. The Kier molecular flexibility index (Phi) is 4.31. The van der Waals surface area contributed by atoms with E-state index in [-0.39, 0.29) is 11.8 Å². The summed E-state index contributed by atoms with van der Waals surface area (Å²) in [7, 11) is 0. The first-order valence-corrected chi connectivity index (χ1v) is 14.7. The maximum absolute atomic E-state index is 3.76. The number of hydrogen-bond acceptors (Lipinski definition) is 0. The largest absolute Gasteiger partial charge is 0.358 e. The fraction of sp³-hybridized carbons (Fsp3) is 0.111. The molecule has 0 bridgehead atoms. The lowest BCUT2D eigenvalue weighted by Crippen LogP contribution is -2.28. The molecule has 6 heteroatoms. The molecule has 6 heterocycles. The van der Waals surface area contributed by atoms with Crippen molar-refractivity contribution in [1.82, 2.24) is 29.9 Å². The molecule has 0 aliphatic heterocycles. The van der Waals surface area contributed by atoms with Gasteiger partial charge in [0.2, 0.25) is 0 Å². The van der Waals surface area contributed by atoms with E-state index in [4.69, 9.17) is 0 Å². The van der Waals surface area contributed by atoms with Gasteiger partial charge in [-0.1, -0.05) is 72.9 Å². The smallest absolute Gasteiger partial charge is 0.0885 e. The van der Waals surface area contributed by atoms with E-state index in [1.165, 1.54) is 27.6 Å². The third kappa shape index (κ3) is 2.98. The van der Waals surface area contributed by atoms with Crippen molar-refractivity contribution in [3.63, 3.8) is 0 Å². The Morgan fingerprint density at radius 1 is 0.500 bits per heavy atom. The molecule has 4 unspecified atom stereocenters. The van der Waals surface area contributed by atoms with Gasteiger partial charge in [-0.05, 0) is 52.4 Å². The van der Waals surface area contributed by atoms with Gasteiger partial charge in [0, 0.05) is 41.2 Å². The van der Waals surface area contributed by atoms with Crippen molar-refractivity contribution in [2.45, 2.75) is 11.8 Å². The Labute approximate surface area is 240 Å². The number of nitrogens with one attached hydrogen (secondary N) is 6. The van der Waals surface area contributed by atoms with Crippen LogP contribution in [0.25, 0.3) is 66.2 Å². The van der Waals surface area contributed by atoms with Gasteiger partial charge in [-0.3, -0.25) is 0 Å². The van der Waals surface area contributed by atoms with Gasteiger partial charge < -0.3 is 29.9 Å². The van der Waals surface area contributed by atoms with Crippen molar-refractivity contribution in [3.8, 4) is 11.3 Å². The van der Waals surface area contributed by atoms with Crippen LogP contribution in [0.1, 0.15) is 23.1 Å². The number of benzene rings is 2. The molecule has 4 atom stereocenters. The van der Waals surface area contributed by atoms with Crippen LogP contribution in [0.15, 0.2) is 110 Å². The second-order valence-electron chi connectivity index (χ2n) is 11.9. The van der Waals surface area contributed by atoms with Crippen LogP contribution in [-0.2, 0) is 0 Å². The van der Waals surface area contributed by atoms with E-state index in [2.05, 4.69) is 127 Å². The predicted molar refractivity (Wildman–Crippen MR) is 172 cm³/mol. The monoisotopic (exact) mass is 544 g/mol. The molecule has 0 spiro atoms. The van der Waals surface area contributed by atoms with Gasteiger partial charge in [-0.2, -0.15) is 0 Å². The van der Waals surface area contributed by atoms with Crippen molar-refractivity contribution in [1.29, 1.82) is 0 Å². The SMILES string of the molecule is C1=CC2C(c3cc4[nH]c5cc[nH]c5c4[nH]3)C=CC(c3ccc(-c4cc5[nH]c6cc[nH]c6c5[nH]4)c4ccccc34)C2C=C1. The van der Waals surface area contributed by atoms with E-state index in [1.807, 2.05) is 12.4 Å². The van der Waals surface area contributed by atoms with E-state index in [0.717, 1.165) is 49.8 Å². The number of rotatable bonds is 3. The minimum Gasteiger partial charge on any atom is -0.358 e. The van der Waals surface area contributed by atoms with Gasteiger partial charge >= 0.3 is 0 Å². The normalized spacial score (nSPS) is 22.0. The first kappa shape index (κ1) is 22.3. The van der Waals surface area contributed by atoms with Crippen LogP contribution in [0.2, 0.25) is 0 Å². The summed E-state index contributed by atoms with van der Waals surface area (Å²) in [4.78, 5) is 21.3. The van der Waals surface area contributed by atoms with Gasteiger partial charge in [-0.25, -0.2) is 0 Å². The summed E-state index contributed by atoms with van der Waals surface area (Å²) in [5.74, 6) is 1.32. The molecule has 6 N–H and O–H groups in total. The van der Waals surface area contributed by atoms with Gasteiger partial charge in [0.25, 0.3) is 0 Å². The lowest BCUT2D eigenvalue weighted by molar-refractivity contribution is 0.379. The first-order valence-electron chi connectivity index (χ1n) is 14.7. The van der Waals surface area contributed by atoms with Gasteiger partial charge in [0.15, 0.2) is 0 Å². The molecular weight excluding hydrogens is 516 g/mol. The molecule has 6 aromatic heterocycles. The Bertz CT molecular complexity index is 2410. The fourth-order valence-corrected chi connectivity index (χ4v) is 7.82. The summed E-state index contributed by atoms with van der Waals surface area (Å²) in [5.41, 5.74) is 14.1. The molecule has 8 aromatic rings. The highest BCUT2D eigenvalue weighted by molar-refractivity contribution is 6.07. The zero-order valence-corrected chi connectivity index (χ0v) is 22.7. The van der Waals surface area contributed by atoms with E-state index in [1.54, 1.807) is 0 Å². The minimum absolute atomic E-state index is 0.287. The average Bonchev–Trinajstić information content (AvgIpc) is 3.85. The summed E-state index contributed by atoms with van der Waals surface area (Å²) in [6.45, 7) is 0. The van der Waals surface area contributed by atoms with Crippen LogP contribution in [0.3, 0.4) is 0 Å². The molecule has 0 saturated heterocycles. The maximum atomic E-state index is 3.76. The van der Waals surface area contributed by atoms with Crippen LogP contribution in [0.4, 0.5) is 0 Å². The number of fused-ring (bicyclic) bond motifs is 8. The van der Waals surface area contributed by atoms with Crippen molar-refractivity contribution < 1.29 is 0 Å². The van der Waals surface area contributed by atoms with Crippen LogP contribution in [0.5, 0.6) is 0 Å². The van der Waals surface area contributed by atoms with Gasteiger partial charge in [-0.15, -0.1) is 0 Å². The Hall–Kier alpha value is -5.36. The number of H-pyrrole nitrogens is 6. The van der Waals surface area contributed by atoms with Crippen LogP contribution in [-0.4, -0.2) is 29.9 Å². The Balaban J connectivity index is 1.08. The van der Waals surface area contributed by atoms with E-state index in [9.17, 15) is 0 Å². The van der Waals surface area contributed by atoms with Crippen LogP contribution in [0, 0.1) is 11.8 Å². The molecule has 0 saturated carbocycles. The molecular formula is C36H28N6. The lowest BCUT2D eigenvalue weighted by atomic mass is 9.65. The van der Waals surface area contributed by atoms with E-state index >= 15 is 0 Å². The maximum Gasteiger partial charge on any atom is 0.0885 e. The molecule has 202 valence electrons. The Morgan fingerprint density at radius 2 is 1.17 bits per heavy atom. The van der Waals surface area contributed by atoms with E-state index < -0.39 is 0 Å². The van der Waals surface area contributed by atoms with Crippen molar-refractivity contribution in [2.24, 2.45) is 11.8 Å². The molecule has 10 rings (SSSR count). The van der Waals surface area contributed by atoms with Crippen LogP contribution >= 0.6 is 0 Å². The quantitative estimate of drug-likeness (QED) is 0.120. The Morgan fingerprint density at radius 3 is 1.95 bits per heavy atom. The molecule has 6 nitrogen and oxygen atoms in total. The van der Waals surface area contributed by atoms with Crippen LogP contribution < -0.4 is 0 Å². The summed E-state index contributed by atoms with van der Waals surface area (Å²) in [6, 6.07) is 22.2. The molecule has 42 heavy (non-hydrogen) atoms. The summed E-state index contributed by atoms with van der Waals surface area (Å²) in [5, 5.41) is 2.59. The van der Waals surface area contributed by atoms with Crippen molar-refractivity contribution in [3.05, 3.63) is 121 Å². The molecule has 0 amide bonds. The third-order valence-electron chi connectivity index (χ3n) is 9.73. The number of allylic oxidation sites excluding steroid dienone is 6. The second-order valence-corrected chi connectivity index (χ2v) is 11.9. The predicted octanol–water partition coefficient (Wildman–Crippen LogP) is 8.88. The molecule has 2 aliphatic rings. The number of hydrogen-bond donors (Lipinski definition) is 6. The highest BCUT2D eigenvalue weighted by atomic mass is 14.9. The molecule has 0 fully saturated rings. The highest BCUT2D eigenvalue weighted by Crippen LogP contribution is 2.49. The first-order chi connectivity index (χ1) is 20.8. The topological polar surface area (TPSA) is 94.7 Å². The zero-order chi connectivity index (χ0) is 27.4. The number of aromatic nitrogens is 6. The van der Waals surface area contributed by atoms with Crippen molar-refractivity contribution in [2.75, 3.05) is 0 Å². The summed E-state index contributed by atoms with van der Waals surface area (Å²) in [6.07, 6.45) is 18.1. The third-order valence-corrected chi connectivity index (χ3v) is 9.73.